The molecule has 0 bridgehead atoms. The summed E-state index contributed by atoms with van der Waals surface area (Å²) >= 11 is 5.50. The normalized spacial score (nSPS) is 15.3. The second-order valence-corrected chi connectivity index (χ2v) is 3.46. The van der Waals surface area contributed by atoms with Crippen LogP contribution in [0.15, 0.2) is 0 Å². The maximum atomic E-state index is 10.9. The van der Waals surface area contributed by atoms with Crippen LogP contribution in [0, 0.1) is 0 Å². The predicted molar refractivity (Wildman–Crippen MR) is 49.2 cm³/mol. The molecule has 0 radical (unpaired) electrons. The zero-order valence-electron chi connectivity index (χ0n) is 7.51. The number of halogens is 1. The van der Waals surface area contributed by atoms with Gasteiger partial charge in [-0.3, -0.25) is 4.79 Å². The standard InChI is InChI=1S/C8H16ClNO2/c1-3-4-7(11)5-10-8(12)6(2)9/h6-7,11H,3-5H2,1-2H3,(H,10,12). The summed E-state index contributed by atoms with van der Waals surface area (Å²) in [7, 11) is 0. The van der Waals surface area contributed by atoms with E-state index in [-0.39, 0.29) is 5.91 Å². The summed E-state index contributed by atoms with van der Waals surface area (Å²) in [5, 5.41) is 11.2. The third kappa shape index (κ3) is 5.38. The molecule has 0 aromatic heterocycles. The van der Waals surface area contributed by atoms with Gasteiger partial charge >= 0.3 is 0 Å². The van der Waals surface area contributed by atoms with Crippen LogP contribution in [0.3, 0.4) is 0 Å². The first-order chi connectivity index (χ1) is 5.57. The molecular weight excluding hydrogens is 178 g/mol. The van der Waals surface area contributed by atoms with E-state index in [0.717, 1.165) is 6.42 Å². The van der Waals surface area contributed by atoms with Gasteiger partial charge in [0.25, 0.3) is 0 Å². The van der Waals surface area contributed by atoms with Crippen molar-refractivity contribution in [1.82, 2.24) is 5.32 Å². The van der Waals surface area contributed by atoms with Crippen molar-refractivity contribution in [2.75, 3.05) is 6.54 Å². The van der Waals surface area contributed by atoms with E-state index in [2.05, 4.69) is 5.32 Å². The lowest BCUT2D eigenvalue weighted by Gasteiger charge is -2.11. The number of aliphatic hydroxyl groups excluding tert-OH is 1. The molecular formula is C8H16ClNO2. The van der Waals surface area contributed by atoms with Crippen molar-refractivity contribution in [1.29, 1.82) is 0 Å². The third-order valence-corrected chi connectivity index (χ3v) is 1.69. The smallest absolute Gasteiger partial charge is 0.237 e. The summed E-state index contributed by atoms with van der Waals surface area (Å²) in [5.74, 6) is -0.230. The number of amides is 1. The van der Waals surface area contributed by atoms with Gasteiger partial charge in [0.15, 0.2) is 0 Å². The lowest BCUT2D eigenvalue weighted by Crippen LogP contribution is -2.35. The molecule has 4 heteroatoms. The van der Waals surface area contributed by atoms with Gasteiger partial charge in [-0.1, -0.05) is 13.3 Å². The van der Waals surface area contributed by atoms with E-state index in [1.54, 1.807) is 6.92 Å². The fourth-order valence-corrected chi connectivity index (χ4v) is 0.871. The van der Waals surface area contributed by atoms with Gasteiger partial charge in [0.05, 0.1) is 6.10 Å². The van der Waals surface area contributed by atoms with Crippen LogP contribution in [0.4, 0.5) is 0 Å². The van der Waals surface area contributed by atoms with Crippen molar-refractivity contribution in [2.24, 2.45) is 0 Å². The first kappa shape index (κ1) is 11.7. The fourth-order valence-electron chi connectivity index (χ4n) is 0.794. The molecule has 1 amide bonds. The van der Waals surface area contributed by atoms with Gasteiger partial charge in [0.2, 0.25) is 5.91 Å². The van der Waals surface area contributed by atoms with Crippen molar-refractivity contribution >= 4 is 17.5 Å². The van der Waals surface area contributed by atoms with Crippen molar-refractivity contribution in [3.05, 3.63) is 0 Å². The third-order valence-electron chi connectivity index (χ3n) is 1.50. The Morgan fingerprint density at radius 2 is 2.25 bits per heavy atom. The molecule has 0 saturated heterocycles. The van der Waals surface area contributed by atoms with E-state index >= 15 is 0 Å². The maximum Gasteiger partial charge on any atom is 0.237 e. The minimum Gasteiger partial charge on any atom is -0.391 e. The Kier molecular flexibility index (Phi) is 6.11. The van der Waals surface area contributed by atoms with E-state index in [9.17, 15) is 9.90 Å². The van der Waals surface area contributed by atoms with Gasteiger partial charge < -0.3 is 10.4 Å². The minimum absolute atomic E-state index is 0.230. The summed E-state index contributed by atoms with van der Waals surface area (Å²) in [5.41, 5.74) is 0. The van der Waals surface area contributed by atoms with Crippen molar-refractivity contribution in [2.45, 2.75) is 38.2 Å². The number of alkyl halides is 1. The summed E-state index contributed by atoms with van der Waals surface area (Å²) in [4.78, 5) is 10.9. The number of nitrogens with one attached hydrogen (secondary N) is 1. The fraction of sp³-hybridized carbons (Fsp3) is 0.875. The Labute approximate surface area is 78.1 Å². The van der Waals surface area contributed by atoms with Crippen molar-refractivity contribution in [3.8, 4) is 0 Å². The molecule has 2 unspecified atom stereocenters. The van der Waals surface area contributed by atoms with Gasteiger partial charge in [0, 0.05) is 6.54 Å². The van der Waals surface area contributed by atoms with E-state index in [1.165, 1.54) is 0 Å². The van der Waals surface area contributed by atoms with E-state index in [1.807, 2.05) is 6.92 Å². The van der Waals surface area contributed by atoms with Gasteiger partial charge in [-0.05, 0) is 13.3 Å². The summed E-state index contributed by atoms with van der Waals surface area (Å²) in [6.45, 7) is 3.88. The van der Waals surface area contributed by atoms with Gasteiger partial charge in [0.1, 0.15) is 5.38 Å². The van der Waals surface area contributed by atoms with Crippen LogP contribution in [0.2, 0.25) is 0 Å². The molecule has 12 heavy (non-hydrogen) atoms. The lowest BCUT2D eigenvalue weighted by molar-refractivity contribution is -0.120. The van der Waals surface area contributed by atoms with Crippen molar-refractivity contribution < 1.29 is 9.90 Å². The zero-order valence-corrected chi connectivity index (χ0v) is 8.27. The van der Waals surface area contributed by atoms with Crippen LogP contribution >= 0.6 is 11.6 Å². The molecule has 2 N–H and O–H groups in total. The second kappa shape index (κ2) is 6.26. The Balaban J connectivity index is 3.47. The molecule has 3 nitrogen and oxygen atoms in total. The second-order valence-electron chi connectivity index (χ2n) is 2.80. The SMILES string of the molecule is CCCC(O)CNC(=O)C(C)Cl. The number of rotatable bonds is 5. The molecule has 0 aliphatic rings. The molecule has 0 heterocycles. The maximum absolute atomic E-state index is 10.9. The van der Waals surface area contributed by atoms with E-state index in [0.29, 0.717) is 13.0 Å². The first-order valence-electron chi connectivity index (χ1n) is 4.17. The average Bonchev–Trinajstić information content (AvgIpc) is 2.00. The molecule has 0 aliphatic carbocycles. The number of hydrogen-bond acceptors (Lipinski definition) is 2. The minimum atomic E-state index is -0.529. The molecule has 2 atom stereocenters. The van der Waals surface area contributed by atoms with E-state index in [4.69, 9.17) is 11.6 Å². The monoisotopic (exact) mass is 193 g/mol. The largest absolute Gasteiger partial charge is 0.391 e. The van der Waals surface area contributed by atoms with Crippen LogP contribution in [0.1, 0.15) is 26.7 Å². The Morgan fingerprint density at radius 1 is 1.67 bits per heavy atom. The number of carbonyl (C=O) groups excluding carboxylic acids is 1. The van der Waals surface area contributed by atoms with Crippen LogP contribution < -0.4 is 5.32 Å². The van der Waals surface area contributed by atoms with E-state index < -0.39 is 11.5 Å². The highest BCUT2D eigenvalue weighted by atomic mass is 35.5. The summed E-state index contributed by atoms with van der Waals surface area (Å²) < 4.78 is 0. The average molecular weight is 194 g/mol. The number of carbonyl (C=O) groups is 1. The number of aliphatic hydroxyl groups is 1. The van der Waals surface area contributed by atoms with Crippen molar-refractivity contribution in [3.63, 3.8) is 0 Å². The molecule has 0 spiro atoms. The summed E-state index contributed by atoms with van der Waals surface area (Å²) in [6, 6.07) is 0. The highest BCUT2D eigenvalue weighted by Gasteiger charge is 2.10. The molecule has 0 rings (SSSR count). The summed E-state index contributed by atoms with van der Waals surface area (Å²) in [6.07, 6.45) is 1.17. The Hall–Kier alpha value is -0.280. The van der Waals surface area contributed by atoms with Crippen LogP contribution in [-0.4, -0.2) is 29.0 Å². The first-order valence-corrected chi connectivity index (χ1v) is 4.61. The lowest BCUT2D eigenvalue weighted by atomic mass is 10.2. The molecule has 0 aliphatic heterocycles. The molecule has 0 fully saturated rings. The van der Waals surface area contributed by atoms with Crippen LogP contribution in [0.25, 0.3) is 0 Å². The van der Waals surface area contributed by atoms with Gasteiger partial charge in [-0.25, -0.2) is 0 Å². The highest BCUT2D eigenvalue weighted by Crippen LogP contribution is 1.96. The van der Waals surface area contributed by atoms with Crippen LogP contribution in [0.5, 0.6) is 0 Å². The Bertz CT molecular complexity index is 139. The molecule has 0 aromatic rings. The van der Waals surface area contributed by atoms with Gasteiger partial charge in [-0.2, -0.15) is 0 Å². The quantitative estimate of drug-likeness (QED) is 0.638. The molecule has 0 aromatic carbocycles. The Morgan fingerprint density at radius 3 is 2.67 bits per heavy atom. The number of hydrogen-bond donors (Lipinski definition) is 2. The molecule has 0 saturated carbocycles. The highest BCUT2D eigenvalue weighted by molar-refractivity contribution is 6.30. The van der Waals surface area contributed by atoms with Crippen LogP contribution in [-0.2, 0) is 4.79 Å². The molecule has 72 valence electrons. The zero-order chi connectivity index (χ0) is 9.56. The van der Waals surface area contributed by atoms with Gasteiger partial charge in [-0.15, -0.1) is 11.6 Å². The topological polar surface area (TPSA) is 49.3 Å². The predicted octanol–water partition coefficient (Wildman–Crippen LogP) is 0.891.